The van der Waals surface area contributed by atoms with E-state index in [2.05, 4.69) is 114 Å². The van der Waals surface area contributed by atoms with Gasteiger partial charge in [-0.15, -0.1) is 0 Å². The van der Waals surface area contributed by atoms with Gasteiger partial charge in [0, 0.05) is 44.9 Å². The molecule has 0 spiro atoms. The standard InChI is InChI=1S/C49H32N4O/c1-4-14-33(15-5-1)35-24-27-39(28-25-35)53(40-29-26-34-16-10-11-21-38(34)30-40)41-31-43(46-42-22-12-13-23-44(42)54-45(46)32-41)49-51-47(36-17-6-2-7-18-36)50-48(52-49)37-19-8-3-9-20-37/h1-32H. The minimum absolute atomic E-state index is 0.569. The van der Waals surface area contributed by atoms with Crippen molar-refractivity contribution in [3.63, 3.8) is 0 Å². The van der Waals surface area contributed by atoms with Crippen molar-refractivity contribution >= 4 is 49.8 Å². The average molecular weight is 693 g/mol. The van der Waals surface area contributed by atoms with Crippen LogP contribution in [0.3, 0.4) is 0 Å². The minimum Gasteiger partial charge on any atom is -0.456 e. The fourth-order valence-corrected chi connectivity index (χ4v) is 7.27. The van der Waals surface area contributed by atoms with Crippen LogP contribution in [0.25, 0.3) is 78.0 Å². The maximum atomic E-state index is 6.66. The van der Waals surface area contributed by atoms with E-state index >= 15 is 0 Å². The van der Waals surface area contributed by atoms with Crippen molar-refractivity contribution in [2.75, 3.05) is 4.90 Å². The first-order chi connectivity index (χ1) is 26.7. The second kappa shape index (κ2) is 13.3. The largest absolute Gasteiger partial charge is 0.456 e. The number of rotatable bonds is 7. The summed E-state index contributed by atoms with van der Waals surface area (Å²) in [6, 6.07) is 66.9. The van der Waals surface area contributed by atoms with Gasteiger partial charge in [0.1, 0.15) is 11.2 Å². The summed E-state index contributed by atoms with van der Waals surface area (Å²) in [5, 5.41) is 4.29. The molecule has 8 aromatic carbocycles. The van der Waals surface area contributed by atoms with Crippen molar-refractivity contribution in [2.24, 2.45) is 0 Å². The highest BCUT2D eigenvalue weighted by Crippen LogP contribution is 2.44. The summed E-state index contributed by atoms with van der Waals surface area (Å²) in [5.41, 5.74) is 9.51. The molecule has 0 amide bonds. The number of para-hydroxylation sites is 1. The fraction of sp³-hybridized carbons (Fsp3) is 0. The Labute approximate surface area is 312 Å². The first-order valence-electron chi connectivity index (χ1n) is 18.0. The molecule has 10 rings (SSSR count). The molecule has 0 aliphatic carbocycles. The number of benzene rings is 8. The Hall–Kier alpha value is -7.37. The van der Waals surface area contributed by atoms with Crippen LogP contribution in [0.5, 0.6) is 0 Å². The van der Waals surface area contributed by atoms with Crippen LogP contribution >= 0.6 is 0 Å². The molecule has 0 radical (unpaired) electrons. The number of nitrogens with zero attached hydrogens (tertiary/aromatic N) is 4. The van der Waals surface area contributed by atoms with Crippen molar-refractivity contribution in [1.29, 1.82) is 0 Å². The van der Waals surface area contributed by atoms with Crippen LogP contribution in [0.15, 0.2) is 199 Å². The Kier molecular flexibility index (Phi) is 7.73. The summed E-state index contributed by atoms with van der Waals surface area (Å²) in [5.74, 6) is 1.78. The highest BCUT2D eigenvalue weighted by Gasteiger charge is 2.22. The molecule has 5 heteroatoms. The Morgan fingerprint density at radius 2 is 0.889 bits per heavy atom. The summed E-state index contributed by atoms with van der Waals surface area (Å²) < 4.78 is 6.66. The molecule has 0 unspecified atom stereocenters. The fourth-order valence-electron chi connectivity index (χ4n) is 7.27. The highest BCUT2D eigenvalue weighted by molar-refractivity contribution is 6.13. The van der Waals surface area contributed by atoms with E-state index < -0.39 is 0 Å². The molecule has 0 saturated heterocycles. The molecule has 5 nitrogen and oxygen atoms in total. The molecule has 0 bridgehead atoms. The van der Waals surface area contributed by atoms with Gasteiger partial charge in [-0.25, -0.2) is 15.0 Å². The van der Waals surface area contributed by atoms with Gasteiger partial charge in [-0.2, -0.15) is 0 Å². The summed E-state index contributed by atoms with van der Waals surface area (Å²) in [4.78, 5) is 17.6. The third-order valence-electron chi connectivity index (χ3n) is 9.89. The lowest BCUT2D eigenvalue weighted by atomic mass is 10.0. The molecule has 10 aromatic rings. The summed E-state index contributed by atoms with van der Waals surface area (Å²) >= 11 is 0. The SMILES string of the molecule is c1ccc(-c2ccc(N(c3ccc4ccccc4c3)c3cc(-c4nc(-c5ccccc5)nc(-c5ccccc5)n4)c4c(c3)oc3ccccc34)cc2)cc1. The maximum Gasteiger partial charge on any atom is 0.164 e. The first kappa shape index (κ1) is 31.4. The smallest absolute Gasteiger partial charge is 0.164 e. The lowest BCUT2D eigenvalue weighted by Gasteiger charge is -2.26. The zero-order valence-electron chi connectivity index (χ0n) is 29.2. The van der Waals surface area contributed by atoms with Crippen LogP contribution in [-0.2, 0) is 0 Å². The van der Waals surface area contributed by atoms with Gasteiger partial charge in [-0.05, 0) is 58.3 Å². The third-order valence-corrected chi connectivity index (χ3v) is 9.89. The summed E-state index contributed by atoms with van der Waals surface area (Å²) in [6.45, 7) is 0. The van der Waals surface area contributed by atoms with Crippen molar-refractivity contribution in [2.45, 2.75) is 0 Å². The van der Waals surface area contributed by atoms with Crippen LogP contribution in [0.2, 0.25) is 0 Å². The zero-order valence-corrected chi connectivity index (χ0v) is 29.2. The Morgan fingerprint density at radius 1 is 0.352 bits per heavy atom. The van der Waals surface area contributed by atoms with E-state index in [0.717, 1.165) is 66.6 Å². The second-order valence-electron chi connectivity index (χ2n) is 13.3. The van der Waals surface area contributed by atoms with Gasteiger partial charge in [0.05, 0.1) is 5.69 Å². The molecule has 0 atom stereocenters. The first-order valence-corrected chi connectivity index (χ1v) is 18.0. The number of fused-ring (bicyclic) bond motifs is 4. The van der Waals surface area contributed by atoms with E-state index in [9.17, 15) is 0 Å². The van der Waals surface area contributed by atoms with Gasteiger partial charge < -0.3 is 9.32 Å². The molecular formula is C49H32N4O. The quantitative estimate of drug-likeness (QED) is 0.166. The monoisotopic (exact) mass is 692 g/mol. The third kappa shape index (κ3) is 5.74. The van der Waals surface area contributed by atoms with Crippen molar-refractivity contribution < 1.29 is 4.42 Å². The van der Waals surface area contributed by atoms with Crippen LogP contribution in [0.1, 0.15) is 0 Å². The predicted octanol–water partition coefficient (Wildman–Crippen LogP) is 13.1. The van der Waals surface area contributed by atoms with E-state index in [-0.39, 0.29) is 0 Å². The van der Waals surface area contributed by atoms with Crippen LogP contribution < -0.4 is 4.90 Å². The van der Waals surface area contributed by atoms with E-state index in [1.165, 1.54) is 10.9 Å². The van der Waals surface area contributed by atoms with E-state index in [1.807, 2.05) is 84.9 Å². The summed E-state index contributed by atoms with van der Waals surface area (Å²) in [6.07, 6.45) is 0. The van der Waals surface area contributed by atoms with Gasteiger partial charge in [-0.3, -0.25) is 0 Å². The molecule has 0 aliphatic heterocycles. The average Bonchev–Trinajstić information content (AvgIpc) is 3.63. The molecule has 2 aromatic heterocycles. The van der Waals surface area contributed by atoms with Gasteiger partial charge in [0.25, 0.3) is 0 Å². The lowest BCUT2D eigenvalue weighted by Crippen LogP contribution is -2.10. The molecule has 254 valence electrons. The van der Waals surface area contributed by atoms with E-state index in [4.69, 9.17) is 19.4 Å². The number of aromatic nitrogens is 3. The Bertz CT molecular complexity index is 2870. The molecule has 0 aliphatic rings. The Balaban J connectivity index is 1.24. The van der Waals surface area contributed by atoms with Crippen LogP contribution in [0, 0.1) is 0 Å². The van der Waals surface area contributed by atoms with Crippen molar-refractivity contribution in [3.8, 4) is 45.3 Å². The number of hydrogen-bond acceptors (Lipinski definition) is 5. The predicted molar refractivity (Wildman–Crippen MR) is 221 cm³/mol. The number of anilines is 3. The van der Waals surface area contributed by atoms with Crippen molar-refractivity contribution in [1.82, 2.24) is 15.0 Å². The number of furan rings is 1. The highest BCUT2D eigenvalue weighted by atomic mass is 16.3. The summed E-state index contributed by atoms with van der Waals surface area (Å²) in [7, 11) is 0. The van der Waals surface area contributed by atoms with Crippen molar-refractivity contribution in [3.05, 3.63) is 194 Å². The molecule has 54 heavy (non-hydrogen) atoms. The Morgan fingerprint density at radius 3 is 1.57 bits per heavy atom. The second-order valence-corrected chi connectivity index (χ2v) is 13.3. The topological polar surface area (TPSA) is 55.1 Å². The van der Waals surface area contributed by atoms with E-state index in [1.54, 1.807) is 0 Å². The van der Waals surface area contributed by atoms with Crippen LogP contribution in [0.4, 0.5) is 17.1 Å². The van der Waals surface area contributed by atoms with Gasteiger partial charge in [-0.1, -0.05) is 152 Å². The van der Waals surface area contributed by atoms with Gasteiger partial charge >= 0.3 is 0 Å². The molecule has 0 saturated carbocycles. The number of hydrogen-bond donors (Lipinski definition) is 0. The molecular weight excluding hydrogens is 661 g/mol. The normalized spacial score (nSPS) is 11.3. The van der Waals surface area contributed by atoms with Crippen LogP contribution in [-0.4, -0.2) is 15.0 Å². The minimum atomic E-state index is 0.569. The molecule has 0 N–H and O–H groups in total. The zero-order chi connectivity index (χ0) is 35.8. The maximum absolute atomic E-state index is 6.66. The lowest BCUT2D eigenvalue weighted by molar-refractivity contribution is 0.669. The van der Waals surface area contributed by atoms with E-state index in [0.29, 0.717) is 17.5 Å². The molecule has 0 fully saturated rings. The molecule has 2 heterocycles. The van der Waals surface area contributed by atoms with Gasteiger partial charge in [0.15, 0.2) is 17.5 Å². The van der Waals surface area contributed by atoms with Gasteiger partial charge in [0.2, 0.25) is 0 Å².